The number of nitrogens with one attached hydrogen (secondary N) is 2. The van der Waals surface area contributed by atoms with Crippen molar-refractivity contribution in [1.82, 2.24) is 15.5 Å². The van der Waals surface area contributed by atoms with Crippen molar-refractivity contribution in [2.24, 2.45) is 4.99 Å². The maximum absolute atomic E-state index is 11.9. The average Bonchev–Trinajstić information content (AvgIpc) is 3.26. The average molecular weight is 562 g/mol. The Bertz CT molecular complexity index is 895. The van der Waals surface area contributed by atoms with E-state index in [0.717, 1.165) is 69.2 Å². The number of carbonyl (C=O) groups is 1. The molecular formula is C26H36IN5O. The molecule has 2 heterocycles. The molecule has 7 heteroatoms. The van der Waals surface area contributed by atoms with Gasteiger partial charge in [-0.1, -0.05) is 42.5 Å². The first-order valence-corrected chi connectivity index (χ1v) is 11.9. The quantitative estimate of drug-likeness (QED) is 0.303. The molecule has 33 heavy (non-hydrogen) atoms. The second-order valence-corrected chi connectivity index (χ2v) is 8.69. The van der Waals surface area contributed by atoms with Gasteiger partial charge in [0.2, 0.25) is 5.91 Å². The summed E-state index contributed by atoms with van der Waals surface area (Å²) in [5.41, 5.74) is 3.52. The lowest BCUT2D eigenvalue weighted by molar-refractivity contribution is -0.117. The monoisotopic (exact) mass is 561 g/mol. The van der Waals surface area contributed by atoms with Gasteiger partial charge >= 0.3 is 0 Å². The van der Waals surface area contributed by atoms with E-state index in [1.165, 1.54) is 5.56 Å². The summed E-state index contributed by atoms with van der Waals surface area (Å²) in [6.07, 6.45) is 3.86. The summed E-state index contributed by atoms with van der Waals surface area (Å²) >= 11 is 0. The van der Waals surface area contributed by atoms with Crippen LogP contribution >= 0.6 is 24.0 Å². The number of rotatable bonds is 7. The number of aliphatic imine (C=N–C) groups is 1. The van der Waals surface area contributed by atoms with E-state index in [1.807, 2.05) is 17.0 Å². The van der Waals surface area contributed by atoms with Gasteiger partial charge < -0.3 is 15.5 Å². The summed E-state index contributed by atoms with van der Waals surface area (Å²) in [6.45, 7) is 7.62. The number of likely N-dealkylation sites (tertiary alicyclic amines) is 1. The van der Waals surface area contributed by atoms with E-state index in [9.17, 15) is 4.79 Å². The van der Waals surface area contributed by atoms with Crippen molar-refractivity contribution in [3.8, 4) is 0 Å². The molecule has 4 rings (SSSR count). The van der Waals surface area contributed by atoms with Gasteiger partial charge in [0.15, 0.2) is 5.96 Å². The third-order valence-electron chi connectivity index (χ3n) is 6.26. The molecule has 2 fully saturated rings. The molecule has 0 aliphatic carbocycles. The summed E-state index contributed by atoms with van der Waals surface area (Å²) in [4.78, 5) is 21.1. The SMILES string of the molecule is CCNC(=NCc1ccc(N2CCCC2=O)cc1)NC1CCN(Cc2ccccc2)CC1.I. The Balaban J connectivity index is 0.00000306. The minimum Gasteiger partial charge on any atom is -0.357 e. The normalized spacial score (nSPS) is 17.7. The molecule has 2 saturated heterocycles. The number of hydrogen-bond acceptors (Lipinski definition) is 3. The zero-order chi connectivity index (χ0) is 22.2. The lowest BCUT2D eigenvalue weighted by Crippen LogP contribution is -2.48. The van der Waals surface area contributed by atoms with E-state index in [-0.39, 0.29) is 29.9 Å². The van der Waals surface area contributed by atoms with Crippen LogP contribution in [0.5, 0.6) is 0 Å². The maximum atomic E-state index is 11.9. The van der Waals surface area contributed by atoms with Gasteiger partial charge in [-0.25, -0.2) is 4.99 Å². The summed E-state index contributed by atoms with van der Waals surface area (Å²) in [7, 11) is 0. The zero-order valence-electron chi connectivity index (χ0n) is 19.5. The minimum absolute atomic E-state index is 0. The van der Waals surface area contributed by atoms with Crippen molar-refractivity contribution in [3.63, 3.8) is 0 Å². The summed E-state index contributed by atoms with van der Waals surface area (Å²) in [5.74, 6) is 1.11. The van der Waals surface area contributed by atoms with Crippen LogP contribution in [0.3, 0.4) is 0 Å². The standard InChI is InChI=1S/C26H35N5O.HI/c1-2-27-26(28-19-21-10-12-24(13-11-21)31-16-6-9-25(31)32)29-23-14-17-30(18-15-23)20-22-7-4-3-5-8-22;/h3-5,7-8,10-13,23H,2,6,9,14-20H2,1H3,(H2,27,28,29);1H. The van der Waals surface area contributed by atoms with E-state index >= 15 is 0 Å². The molecule has 0 bridgehead atoms. The number of benzene rings is 2. The zero-order valence-corrected chi connectivity index (χ0v) is 21.8. The summed E-state index contributed by atoms with van der Waals surface area (Å²) < 4.78 is 0. The van der Waals surface area contributed by atoms with E-state index in [4.69, 9.17) is 4.99 Å². The van der Waals surface area contributed by atoms with Crippen LogP contribution in [0.4, 0.5) is 5.69 Å². The molecule has 0 atom stereocenters. The van der Waals surface area contributed by atoms with Crippen LogP contribution in [-0.4, -0.2) is 49.0 Å². The fraction of sp³-hybridized carbons (Fsp3) is 0.462. The van der Waals surface area contributed by atoms with Crippen molar-refractivity contribution in [3.05, 3.63) is 65.7 Å². The highest BCUT2D eigenvalue weighted by Crippen LogP contribution is 2.22. The van der Waals surface area contributed by atoms with Crippen LogP contribution in [0.15, 0.2) is 59.6 Å². The Hall–Kier alpha value is -2.13. The van der Waals surface area contributed by atoms with E-state index in [1.54, 1.807) is 0 Å². The Labute approximate surface area is 214 Å². The lowest BCUT2D eigenvalue weighted by Gasteiger charge is -2.33. The van der Waals surface area contributed by atoms with Gasteiger partial charge in [-0.15, -0.1) is 24.0 Å². The fourth-order valence-corrected chi connectivity index (χ4v) is 4.46. The van der Waals surface area contributed by atoms with Crippen LogP contribution < -0.4 is 15.5 Å². The minimum atomic E-state index is 0. The lowest BCUT2D eigenvalue weighted by atomic mass is 10.0. The molecule has 0 radical (unpaired) electrons. The van der Waals surface area contributed by atoms with Gasteiger partial charge in [-0.05, 0) is 49.4 Å². The Morgan fingerprint density at radius 2 is 1.73 bits per heavy atom. The van der Waals surface area contributed by atoms with Gasteiger partial charge in [-0.2, -0.15) is 0 Å². The number of nitrogens with zero attached hydrogens (tertiary/aromatic N) is 3. The number of carbonyl (C=O) groups excluding carboxylic acids is 1. The topological polar surface area (TPSA) is 60.0 Å². The van der Waals surface area contributed by atoms with Crippen LogP contribution in [0.25, 0.3) is 0 Å². The number of halogens is 1. The highest BCUT2D eigenvalue weighted by Gasteiger charge is 2.22. The number of guanidine groups is 1. The maximum Gasteiger partial charge on any atom is 0.227 e. The first-order chi connectivity index (χ1) is 15.7. The van der Waals surface area contributed by atoms with Gasteiger partial charge in [0.1, 0.15) is 0 Å². The second-order valence-electron chi connectivity index (χ2n) is 8.69. The van der Waals surface area contributed by atoms with Crippen molar-refractivity contribution in [2.75, 3.05) is 31.1 Å². The first-order valence-electron chi connectivity index (χ1n) is 11.9. The van der Waals surface area contributed by atoms with Crippen LogP contribution in [0.1, 0.15) is 43.7 Å². The molecule has 2 aromatic rings. The van der Waals surface area contributed by atoms with Crippen LogP contribution in [0, 0.1) is 0 Å². The highest BCUT2D eigenvalue weighted by molar-refractivity contribution is 14.0. The third kappa shape index (κ3) is 7.43. The largest absolute Gasteiger partial charge is 0.357 e. The molecule has 1 amide bonds. The van der Waals surface area contributed by atoms with Gasteiger partial charge in [0.05, 0.1) is 6.54 Å². The highest BCUT2D eigenvalue weighted by atomic mass is 127. The molecule has 2 aliphatic heterocycles. The summed E-state index contributed by atoms with van der Waals surface area (Å²) in [6, 6.07) is 19.4. The second kappa shape index (κ2) is 12.9. The van der Waals surface area contributed by atoms with E-state index in [2.05, 4.69) is 64.9 Å². The van der Waals surface area contributed by atoms with Crippen molar-refractivity contribution in [2.45, 2.75) is 51.7 Å². The predicted octanol–water partition coefficient (Wildman–Crippen LogP) is 4.15. The molecule has 6 nitrogen and oxygen atoms in total. The molecule has 0 aromatic heterocycles. The van der Waals surface area contributed by atoms with Crippen molar-refractivity contribution >= 4 is 41.5 Å². The first kappa shape index (κ1) is 25.5. The third-order valence-corrected chi connectivity index (χ3v) is 6.26. The Kier molecular flexibility index (Phi) is 9.99. The molecule has 0 spiro atoms. The number of piperidine rings is 1. The fourth-order valence-electron chi connectivity index (χ4n) is 4.46. The smallest absolute Gasteiger partial charge is 0.227 e. The number of hydrogen-bond donors (Lipinski definition) is 2. The molecular weight excluding hydrogens is 525 g/mol. The van der Waals surface area contributed by atoms with Crippen LogP contribution in [0.2, 0.25) is 0 Å². The van der Waals surface area contributed by atoms with Gasteiger partial charge in [0, 0.05) is 50.9 Å². The Morgan fingerprint density at radius 3 is 2.36 bits per heavy atom. The molecule has 2 aromatic carbocycles. The summed E-state index contributed by atoms with van der Waals surface area (Å²) in [5, 5.41) is 7.02. The molecule has 0 unspecified atom stereocenters. The molecule has 0 saturated carbocycles. The molecule has 2 aliphatic rings. The van der Waals surface area contributed by atoms with Gasteiger partial charge in [-0.3, -0.25) is 9.69 Å². The van der Waals surface area contributed by atoms with E-state index in [0.29, 0.717) is 19.0 Å². The number of amides is 1. The van der Waals surface area contributed by atoms with Crippen molar-refractivity contribution in [1.29, 1.82) is 0 Å². The number of anilines is 1. The molecule has 178 valence electrons. The van der Waals surface area contributed by atoms with E-state index < -0.39 is 0 Å². The van der Waals surface area contributed by atoms with Crippen LogP contribution in [-0.2, 0) is 17.9 Å². The Morgan fingerprint density at radius 1 is 1.00 bits per heavy atom. The van der Waals surface area contributed by atoms with Gasteiger partial charge in [0.25, 0.3) is 0 Å². The predicted molar refractivity (Wildman–Crippen MR) is 146 cm³/mol. The van der Waals surface area contributed by atoms with Crippen molar-refractivity contribution < 1.29 is 4.79 Å². The molecule has 2 N–H and O–H groups in total.